The second-order valence-electron chi connectivity index (χ2n) is 7.81. The minimum absolute atomic E-state index is 0.0974. The number of carbonyl (C=O) groups is 2. The quantitative estimate of drug-likeness (QED) is 0.304. The monoisotopic (exact) mass is 534 g/mol. The molecule has 1 amide bonds. The van der Waals surface area contributed by atoms with Crippen molar-refractivity contribution in [1.29, 1.82) is 0 Å². The SMILES string of the molecule is Cc1ncc(C(=O)C[C@H](C)c2ncc(C(=O)Nc3cc(C(F)(F)F)c(Cl)cn3)s2)n1-c1ccccn1. The van der Waals surface area contributed by atoms with Crippen LogP contribution in [0.1, 0.15) is 55.8 Å². The van der Waals surface area contributed by atoms with Crippen molar-refractivity contribution in [1.82, 2.24) is 24.5 Å². The van der Waals surface area contributed by atoms with Crippen molar-refractivity contribution in [2.45, 2.75) is 32.4 Å². The van der Waals surface area contributed by atoms with E-state index in [1.54, 1.807) is 36.7 Å². The van der Waals surface area contributed by atoms with Gasteiger partial charge in [0.15, 0.2) is 5.78 Å². The number of aromatic nitrogens is 5. The number of ketones is 1. The van der Waals surface area contributed by atoms with Crippen LogP contribution in [-0.2, 0) is 6.18 Å². The second-order valence-corrected chi connectivity index (χ2v) is 9.28. The van der Waals surface area contributed by atoms with Crippen molar-refractivity contribution in [3.63, 3.8) is 0 Å². The summed E-state index contributed by atoms with van der Waals surface area (Å²) in [5.41, 5.74) is -0.728. The van der Waals surface area contributed by atoms with Gasteiger partial charge < -0.3 is 5.32 Å². The highest BCUT2D eigenvalue weighted by Crippen LogP contribution is 2.35. The Balaban J connectivity index is 1.46. The molecule has 4 aromatic heterocycles. The van der Waals surface area contributed by atoms with Crippen LogP contribution < -0.4 is 5.32 Å². The highest BCUT2D eigenvalue weighted by atomic mass is 35.5. The molecule has 0 bridgehead atoms. The Bertz CT molecular complexity index is 1420. The average molecular weight is 535 g/mol. The Morgan fingerprint density at radius 3 is 2.61 bits per heavy atom. The van der Waals surface area contributed by atoms with E-state index >= 15 is 0 Å². The Hall–Kier alpha value is -3.64. The lowest BCUT2D eigenvalue weighted by molar-refractivity contribution is -0.137. The molecule has 4 rings (SSSR count). The summed E-state index contributed by atoms with van der Waals surface area (Å²) in [7, 11) is 0. The standard InChI is InChI=1S/C23H18ClF3N6O2S/c1-12(7-17(34)16-10-29-13(2)33(16)20-5-3-4-6-28-20)22-31-11-18(36-22)21(35)32-19-8-14(23(25,26)27)15(24)9-30-19/h3-6,8-12H,7H2,1-2H3,(H,30,32,35)/t12-/m0/s1. The molecule has 0 aliphatic carbocycles. The van der Waals surface area contributed by atoms with Gasteiger partial charge in [-0.2, -0.15) is 13.2 Å². The number of anilines is 1. The predicted octanol–water partition coefficient (Wildman–Crippen LogP) is 5.73. The fourth-order valence-corrected chi connectivity index (χ4v) is 4.48. The number of nitrogens with zero attached hydrogens (tertiary/aromatic N) is 5. The highest BCUT2D eigenvalue weighted by Gasteiger charge is 2.34. The summed E-state index contributed by atoms with van der Waals surface area (Å²) in [6.07, 6.45) is 0.650. The van der Waals surface area contributed by atoms with Gasteiger partial charge in [-0.1, -0.05) is 24.6 Å². The number of nitrogens with one attached hydrogen (secondary N) is 1. The van der Waals surface area contributed by atoms with Crippen LogP contribution in [0.15, 0.2) is 49.1 Å². The fraction of sp³-hybridized carbons (Fsp3) is 0.217. The summed E-state index contributed by atoms with van der Waals surface area (Å²) in [6.45, 7) is 3.57. The molecule has 0 aromatic carbocycles. The zero-order valence-electron chi connectivity index (χ0n) is 18.9. The van der Waals surface area contributed by atoms with Crippen LogP contribution in [0, 0.1) is 6.92 Å². The smallest absolute Gasteiger partial charge is 0.306 e. The van der Waals surface area contributed by atoms with Gasteiger partial charge in [0.05, 0.1) is 28.0 Å². The van der Waals surface area contributed by atoms with Gasteiger partial charge in [-0.3, -0.25) is 14.2 Å². The van der Waals surface area contributed by atoms with E-state index in [2.05, 4.69) is 25.3 Å². The predicted molar refractivity (Wildman–Crippen MR) is 128 cm³/mol. The Kier molecular flexibility index (Phi) is 7.18. The van der Waals surface area contributed by atoms with E-state index in [1.807, 2.05) is 6.07 Å². The van der Waals surface area contributed by atoms with Crippen molar-refractivity contribution in [3.05, 3.63) is 81.0 Å². The lowest BCUT2D eigenvalue weighted by Crippen LogP contribution is -2.13. The summed E-state index contributed by atoms with van der Waals surface area (Å²) in [5, 5.41) is 2.27. The number of aryl methyl sites for hydroxylation is 1. The molecule has 4 heterocycles. The van der Waals surface area contributed by atoms with Crippen LogP contribution in [0.4, 0.5) is 19.0 Å². The average Bonchev–Trinajstić information content (AvgIpc) is 3.47. The number of pyridine rings is 2. The Morgan fingerprint density at radius 2 is 1.92 bits per heavy atom. The molecule has 4 aromatic rings. The summed E-state index contributed by atoms with van der Waals surface area (Å²) in [6, 6.07) is 6.02. The molecule has 0 aliphatic rings. The molecule has 1 atom stereocenters. The molecule has 8 nitrogen and oxygen atoms in total. The second kappa shape index (κ2) is 10.2. The third kappa shape index (κ3) is 5.44. The first-order chi connectivity index (χ1) is 17.0. The molecular formula is C23H18ClF3N6O2S. The molecule has 0 spiro atoms. The van der Waals surface area contributed by atoms with E-state index in [0.29, 0.717) is 28.4 Å². The van der Waals surface area contributed by atoms with E-state index < -0.39 is 22.7 Å². The first kappa shape index (κ1) is 25.5. The molecule has 0 unspecified atom stereocenters. The van der Waals surface area contributed by atoms with Crippen molar-refractivity contribution in [2.75, 3.05) is 5.32 Å². The lowest BCUT2D eigenvalue weighted by Gasteiger charge is -2.11. The van der Waals surface area contributed by atoms with Crippen molar-refractivity contribution in [3.8, 4) is 5.82 Å². The molecule has 0 aliphatic heterocycles. The van der Waals surface area contributed by atoms with E-state index in [9.17, 15) is 22.8 Å². The number of alkyl halides is 3. The van der Waals surface area contributed by atoms with Gasteiger partial charge >= 0.3 is 6.18 Å². The van der Waals surface area contributed by atoms with Gasteiger partial charge in [0.2, 0.25) is 0 Å². The maximum absolute atomic E-state index is 13.1. The number of Topliss-reactive ketones (excluding diaryl/α,β-unsaturated/α-hetero) is 1. The first-order valence-corrected chi connectivity index (χ1v) is 11.7. The third-order valence-corrected chi connectivity index (χ3v) is 6.69. The van der Waals surface area contributed by atoms with Crippen LogP contribution in [0.2, 0.25) is 5.02 Å². The van der Waals surface area contributed by atoms with Gasteiger partial charge in [-0.15, -0.1) is 11.3 Å². The van der Waals surface area contributed by atoms with Crippen LogP contribution in [-0.4, -0.2) is 36.2 Å². The van der Waals surface area contributed by atoms with E-state index in [0.717, 1.165) is 17.5 Å². The van der Waals surface area contributed by atoms with E-state index in [1.165, 1.54) is 12.4 Å². The number of amides is 1. The van der Waals surface area contributed by atoms with Crippen molar-refractivity contribution < 1.29 is 22.8 Å². The van der Waals surface area contributed by atoms with E-state index in [4.69, 9.17) is 11.6 Å². The molecule has 1 N–H and O–H groups in total. The maximum Gasteiger partial charge on any atom is 0.418 e. The maximum atomic E-state index is 13.1. The first-order valence-electron chi connectivity index (χ1n) is 10.5. The number of thiazole rings is 1. The largest absolute Gasteiger partial charge is 0.418 e. The van der Waals surface area contributed by atoms with Crippen molar-refractivity contribution >= 4 is 40.4 Å². The number of rotatable bonds is 7. The molecule has 36 heavy (non-hydrogen) atoms. The number of carbonyl (C=O) groups excluding carboxylic acids is 2. The number of halogens is 4. The van der Waals surface area contributed by atoms with Crippen LogP contribution in [0.3, 0.4) is 0 Å². The molecule has 0 saturated heterocycles. The molecule has 0 fully saturated rings. The van der Waals surface area contributed by atoms with Gasteiger partial charge in [0.25, 0.3) is 5.91 Å². The molecule has 13 heteroatoms. The molecule has 0 saturated carbocycles. The minimum atomic E-state index is -4.69. The zero-order chi connectivity index (χ0) is 26.0. The molecule has 0 radical (unpaired) electrons. The van der Waals surface area contributed by atoms with Gasteiger partial charge in [-0.25, -0.2) is 19.9 Å². The van der Waals surface area contributed by atoms with Gasteiger partial charge in [-0.05, 0) is 25.1 Å². The Labute approximate surface area is 212 Å². The van der Waals surface area contributed by atoms with E-state index in [-0.39, 0.29) is 28.8 Å². The van der Waals surface area contributed by atoms with Crippen molar-refractivity contribution in [2.24, 2.45) is 0 Å². The third-order valence-electron chi connectivity index (χ3n) is 5.17. The summed E-state index contributed by atoms with van der Waals surface area (Å²) >= 11 is 6.60. The van der Waals surface area contributed by atoms with Crippen LogP contribution in [0.5, 0.6) is 0 Å². The normalized spacial score (nSPS) is 12.4. The minimum Gasteiger partial charge on any atom is -0.306 e. The summed E-state index contributed by atoms with van der Waals surface area (Å²) in [4.78, 5) is 42.3. The Morgan fingerprint density at radius 1 is 1.14 bits per heavy atom. The highest BCUT2D eigenvalue weighted by molar-refractivity contribution is 7.13. The molecular weight excluding hydrogens is 517 g/mol. The number of imidazole rings is 1. The fourth-order valence-electron chi connectivity index (χ4n) is 3.41. The summed E-state index contributed by atoms with van der Waals surface area (Å²) < 4.78 is 40.9. The topological polar surface area (TPSA) is 103 Å². The van der Waals surface area contributed by atoms with Gasteiger partial charge in [0.1, 0.15) is 28.0 Å². The van der Waals surface area contributed by atoms with Crippen LogP contribution in [0.25, 0.3) is 5.82 Å². The van der Waals surface area contributed by atoms with Crippen LogP contribution >= 0.6 is 22.9 Å². The zero-order valence-corrected chi connectivity index (χ0v) is 20.4. The lowest BCUT2D eigenvalue weighted by atomic mass is 10.0. The summed E-state index contributed by atoms with van der Waals surface area (Å²) in [5.74, 6) is -0.303. The van der Waals surface area contributed by atoms with Gasteiger partial charge in [0, 0.05) is 24.7 Å². The number of hydrogen-bond donors (Lipinski definition) is 1. The number of hydrogen-bond acceptors (Lipinski definition) is 7. The molecule has 186 valence electrons.